The van der Waals surface area contributed by atoms with Gasteiger partial charge in [-0.15, -0.1) is 11.8 Å². The fourth-order valence-corrected chi connectivity index (χ4v) is 18.1. The predicted molar refractivity (Wildman–Crippen MR) is 504 cm³/mol. The molecule has 4 heterocycles. The second-order valence-electron chi connectivity index (χ2n) is 35.1. The second kappa shape index (κ2) is 49.0. The van der Waals surface area contributed by atoms with Crippen LogP contribution in [0.5, 0.6) is 11.5 Å². The molecule has 0 unspecified atom stereocenters. The highest BCUT2D eigenvalue weighted by Gasteiger charge is 2.48. The van der Waals surface area contributed by atoms with Gasteiger partial charge in [0.15, 0.2) is 0 Å². The normalized spacial score (nSPS) is 24.5. The lowest BCUT2D eigenvalue weighted by Gasteiger charge is -2.38. The molecule has 37 nitrogen and oxygen atoms in total. The van der Waals surface area contributed by atoms with Gasteiger partial charge in [-0.3, -0.25) is 76.7 Å². The summed E-state index contributed by atoms with van der Waals surface area (Å²) in [5.41, 5.74) is 14.8. The zero-order valence-electron chi connectivity index (χ0n) is 76.5. The number of aromatic amines is 1. The minimum atomic E-state index is -1.88. The van der Waals surface area contributed by atoms with Crippen molar-refractivity contribution < 1.29 is 97.1 Å². The van der Waals surface area contributed by atoms with Crippen LogP contribution in [0.1, 0.15) is 93.2 Å². The molecule has 15 atom stereocenters. The van der Waals surface area contributed by atoms with Crippen LogP contribution in [-0.2, 0) is 115 Å². The molecule has 1 aromatic heterocycles. The Balaban J connectivity index is 1.06. The summed E-state index contributed by atoms with van der Waals surface area (Å²) in [7, 11) is 3.98. The first-order chi connectivity index (χ1) is 64.3. The first-order valence-electron chi connectivity index (χ1n) is 44.7. The van der Waals surface area contributed by atoms with E-state index >= 15 is 57.5 Å². The molecule has 6 aromatic carbocycles. The molecule has 0 aliphatic carbocycles. The summed E-state index contributed by atoms with van der Waals surface area (Å²) in [5.74, 6) is -17.3. The number of hydrogen-bond donors (Lipinski definition) is 16. The molecular formula is C96H121N17O20S2. The van der Waals surface area contributed by atoms with Gasteiger partial charge in [-0.1, -0.05) is 161 Å². The van der Waals surface area contributed by atoms with Crippen LogP contribution in [0.2, 0.25) is 0 Å². The number of aromatic hydroxyl groups is 2. The Morgan fingerprint density at radius 3 is 1.44 bits per heavy atom. The first-order valence-corrected chi connectivity index (χ1v) is 47.2. The third-order valence-electron chi connectivity index (χ3n) is 24.0. The van der Waals surface area contributed by atoms with Gasteiger partial charge in [0.2, 0.25) is 94.5 Å². The summed E-state index contributed by atoms with van der Waals surface area (Å²) in [6.45, 7) is 4.92. The van der Waals surface area contributed by atoms with Gasteiger partial charge in [0.1, 0.15) is 90.0 Å². The van der Waals surface area contributed by atoms with E-state index < -0.39 is 242 Å². The van der Waals surface area contributed by atoms with Crippen molar-refractivity contribution in [1.29, 1.82) is 0 Å². The van der Waals surface area contributed by atoms with Crippen LogP contribution >= 0.6 is 23.5 Å². The van der Waals surface area contributed by atoms with Gasteiger partial charge in [-0.2, -0.15) is 11.8 Å². The van der Waals surface area contributed by atoms with E-state index in [1.807, 2.05) is 0 Å². The molecule has 0 spiro atoms. The summed E-state index contributed by atoms with van der Waals surface area (Å²) in [5, 5.41) is 68.9. The number of thioether (sulfide) groups is 2. The van der Waals surface area contributed by atoms with E-state index in [-0.39, 0.29) is 74.5 Å². The Morgan fingerprint density at radius 1 is 0.459 bits per heavy atom. The van der Waals surface area contributed by atoms with Crippen molar-refractivity contribution >= 4 is 129 Å². The third-order valence-corrected chi connectivity index (χ3v) is 25.7. The van der Waals surface area contributed by atoms with E-state index in [1.54, 1.807) is 155 Å². The summed E-state index contributed by atoms with van der Waals surface area (Å²) >= 11 is 2.13. The number of nitrogens with two attached hydrogens (primary N) is 2. The molecule has 0 bridgehead atoms. The molecule has 16 amide bonds. The molecule has 3 aliphatic heterocycles. The molecule has 722 valence electrons. The van der Waals surface area contributed by atoms with E-state index in [4.69, 9.17) is 11.5 Å². The quantitative estimate of drug-likeness (QED) is 0.0409. The average Bonchev–Trinajstić information content (AvgIpc) is 1.72. The van der Waals surface area contributed by atoms with Crippen molar-refractivity contribution in [1.82, 2.24) is 77.3 Å². The Morgan fingerprint density at radius 2 is 0.904 bits per heavy atom. The number of H-pyrrole nitrogens is 1. The van der Waals surface area contributed by atoms with Crippen LogP contribution in [0.25, 0.3) is 10.9 Å². The maximum atomic E-state index is 15.8. The Kier molecular flexibility index (Phi) is 37.6. The molecule has 39 heteroatoms. The van der Waals surface area contributed by atoms with Crippen LogP contribution in [0.4, 0.5) is 0 Å². The number of carbonyl (C=O) groups is 16. The van der Waals surface area contributed by atoms with Crippen molar-refractivity contribution in [3.05, 3.63) is 203 Å². The number of primary amides is 2. The molecule has 18 N–H and O–H groups in total. The molecule has 3 fully saturated rings. The molecule has 3 aliphatic rings. The largest absolute Gasteiger partial charge is 0.508 e. The zero-order chi connectivity index (χ0) is 98.0. The number of fused-ring (bicyclic) bond motifs is 3. The summed E-state index contributed by atoms with van der Waals surface area (Å²) in [4.78, 5) is 248. The number of nitrogens with zero attached hydrogens (tertiary/aromatic N) is 5. The number of benzene rings is 6. The Bertz CT molecular complexity index is 5350. The smallest absolute Gasteiger partial charge is 0.246 e. The van der Waals surface area contributed by atoms with Gasteiger partial charge in [0, 0.05) is 108 Å². The lowest BCUT2D eigenvalue weighted by atomic mass is 9.98. The van der Waals surface area contributed by atoms with Crippen LogP contribution in [0.15, 0.2) is 170 Å². The lowest BCUT2D eigenvalue weighted by Crippen LogP contribution is -2.62. The number of rotatable bonds is 23. The van der Waals surface area contributed by atoms with Crippen LogP contribution < -0.4 is 59.3 Å². The maximum Gasteiger partial charge on any atom is 0.246 e. The number of aliphatic hydroxyl groups is 2. The predicted octanol–water partition coefficient (Wildman–Crippen LogP) is 0.297. The second-order valence-corrected chi connectivity index (χ2v) is 37.1. The number of para-hydroxylation sites is 1. The minimum Gasteiger partial charge on any atom is -0.508 e. The van der Waals surface area contributed by atoms with Crippen molar-refractivity contribution in [2.75, 3.05) is 64.3 Å². The number of likely N-dealkylation sites (N-methyl/N-ethyl adjacent to an activating group) is 3. The number of hydrogen-bond acceptors (Lipinski definition) is 22. The highest BCUT2D eigenvalue weighted by atomic mass is 32.2. The fourth-order valence-electron chi connectivity index (χ4n) is 16.8. The van der Waals surface area contributed by atoms with E-state index in [0.717, 1.165) is 36.3 Å². The van der Waals surface area contributed by atoms with Crippen molar-refractivity contribution in [3.63, 3.8) is 0 Å². The SMILES string of the molecule is CSCC[C@H]1C(=O)N2C[C@H](O)C[C@H]2C(=O)N[C@@H](CC(N)=O)C(=O)N[C@@H](C(C)C)C(=O)N(C)[C@@H](Cc2ccccc2)C(=O)N[C@@H](Cc2ccc(O)cc2)C(=O)N2C[C@H](O)C[C@H]2C(=O)N[C@@H](Cc2c[nH]c3ccccc23)C(=O)N[C@@H](Cc2ccc(O)cc2)C(=O)N[C@@H](CC(C)C)C(=O)N[C@H](C(=O)NCC(N)=O)CSCC(=O)N[C@@H](Cc2ccccc2)C(=O)N(C)[C@@H](Cc2ccccc2)C(=O)N1C. The van der Waals surface area contributed by atoms with Gasteiger partial charge in [-0.05, 0) is 100 Å². The van der Waals surface area contributed by atoms with Crippen molar-refractivity contribution in [2.45, 2.75) is 189 Å². The number of carbonyl (C=O) groups excluding carboxylic acids is 16. The van der Waals surface area contributed by atoms with Gasteiger partial charge in [-0.25, -0.2) is 0 Å². The number of nitrogens with one attached hydrogen (secondary N) is 10. The summed E-state index contributed by atoms with van der Waals surface area (Å²) in [6, 6.07) is 23.3. The van der Waals surface area contributed by atoms with E-state index in [2.05, 4.69) is 52.8 Å². The van der Waals surface area contributed by atoms with Crippen LogP contribution in [0, 0.1) is 11.8 Å². The van der Waals surface area contributed by atoms with Gasteiger partial charge < -0.3 is 109 Å². The van der Waals surface area contributed by atoms with Crippen molar-refractivity contribution in [2.24, 2.45) is 23.3 Å². The maximum absolute atomic E-state index is 15.8. The molecule has 7 aromatic rings. The molecule has 0 radical (unpaired) electrons. The highest BCUT2D eigenvalue weighted by Crippen LogP contribution is 2.29. The highest BCUT2D eigenvalue weighted by molar-refractivity contribution is 8.00. The number of phenols is 2. The third kappa shape index (κ3) is 29.1. The van der Waals surface area contributed by atoms with E-state index in [9.17, 15) is 39.6 Å². The van der Waals surface area contributed by atoms with Gasteiger partial charge >= 0.3 is 0 Å². The van der Waals surface area contributed by atoms with Gasteiger partial charge in [0.25, 0.3) is 0 Å². The fraction of sp³-hybridized carbons (Fsp3) is 0.438. The standard InChI is InChI=1S/C96H121N17O20S2/c1-54(2)38-68-85(122)107-74(84(121)100-49-81(98)119)52-135-53-82(120)101-72(40-56-20-12-9-13-21-56)92(129)111(7)79(43-58-24-16-11-17-25-58)94(131)109(5)75(36-37-134-8)95(132)113-51-65(117)46-78(113)91(128)105-71(47-80(97)118)88(125)108-83(55(3)4)96(133)110(6)76(42-57-22-14-10-15-23-57)89(126)106-73(41-60-30-34-63(115)35-31-60)93(130)112-50-64(116)45-77(112)90(127)104-70(44-61-48-99-67-27-19-18-26-66(61)67)87(124)103-69(86(123)102-68)39-59-28-32-62(114)33-29-59/h9-35,48,54-55,64-65,68-79,83,99,114-117H,36-47,49-53H2,1-8H3,(H2,97,118)(H2,98,119)(H,100,121)(H,101,120)(H,102,123)(H,103,124)(H,104,127)(H,105,128)(H,106,126)(H,107,122)(H,108,125)/t64-,65-,68+,69+,70+,71+,72+,73+,74+,75+,76+,77+,78+,79+,83+/m1/s1. The van der Waals surface area contributed by atoms with Gasteiger partial charge in [0.05, 0.1) is 30.9 Å². The average molecular weight is 1900 g/mol. The van der Waals surface area contributed by atoms with Crippen molar-refractivity contribution in [3.8, 4) is 11.5 Å². The molecule has 135 heavy (non-hydrogen) atoms. The number of aliphatic hydroxyl groups excluding tert-OH is 2. The Labute approximate surface area is 790 Å². The minimum absolute atomic E-state index is 0.0584. The summed E-state index contributed by atoms with van der Waals surface area (Å²) in [6.07, 6.45) is -2.87. The monoisotopic (exact) mass is 1900 g/mol. The zero-order valence-corrected chi connectivity index (χ0v) is 78.2. The van der Waals surface area contributed by atoms with Crippen LogP contribution in [-0.4, -0.2) is 299 Å². The van der Waals surface area contributed by atoms with E-state index in [1.165, 1.54) is 81.4 Å². The topological polar surface area (TPSA) is 546 Å². The number of amides is 16. The Hall–Kier alpha value is -13.4. The van der Waals surface area contributed by atoms with Crippen LogP contribution in [0.3, 0.4) is 0 Å². The molecule has 3 saturated heterocycles. The summed E-state index contributed by atoms with van der Waals surface area (Å²) < 4.78 is 0. The number of phenolic OH excluding ortho intramolecular Hbond substituents is 2. The lowest BCUT2D eigenvalue weighted by molar-refractivity contribution is -0.152. The number of aromatic nitrogens is 1. The molecule has 0 saturated carbocycles. The van der Waals surface area contributed by atoms with E-state index in [0.29, 0.717) is 44.3 Å². The molecular weight excluding hydrogens is 1780 g/mol. The molecule has 10 rings (SSSR count). The first kappa shape index (κ1) is 104.